The molecule has 0 bridgehead atoms. The number of morpholine rings is 1. The Morgan fingerprint density at radius 2 is 1.32 bits per heavy atom. The lowest BCUT2D eigenvalue weighted by Gasteiger charge is -2.31. The van der Waals surface area contributed by atoms with E-state index in [1.807, 2.05) is 11.9 Å². The van der Waals surface area contributed by atoms with Crippen molar-refractivity contribution in [3.63, 3.8) is 0 Å². The van der Waals surface area contributed by atoms with Crippen LogP contribution in [0.25, 0.3) is 0 Å². The minimum absolute atomic E-state index is 0.0874. The summed E-state index contributed by atoms with van der Waals surface area (Å²) in [5.74, 6) is 0.737. The third-order valence-corrected chi connectivity index (χ3v) is 9.05. The van der Waals surface area contributed by atoms with Gasteiger partial charge in [-0.1, -0.05) is 115 Å². The van der Waals surface area contributed by atoms with Crippen LogP contribution >= 0.6 is 0 Å². The zero-order valence-electron chi connectivity index (χ0n) is 26.7. The molecule has 2 aliphatic rings. The highest BCUT2D eigenvalue weighted by Crippen LogP contribution is 2.28. The number of hydrogen-bond acceptors (Lipinski definition) is 4. The smallest absolute Gasteiger partial charge is 0.226 e. The predicted octanol–water partition coefficient (Wildman–Crippen LogP) is 8.42. The Bertz CT molecular complexity index is 620. The van der Waals surface area contributed by atoms with Crippen LogP contribution in [0.1, 0.15) is 135 Å². The predicted molar refractivity (Wildman–Crippen MR) is 170 cm³/mol. The molecule has 234 valence electrons. The summed E-state index contributed by atoms with van der Waals surface area (Å²) < 4.78 is 11.5. The topological polar surface area (TPSA) is 42.0 Å². The molecule has 5 heteroatoms. The van der Waals surface area contributed by atoms with E-state index in [2.05, 4.69) is 24.0 Å². The summed E-state index contributed by atoms with van der Waals surface area (Å²) in [6.07, 6.45) is 30.7. The van der Waals surface area contributed by atoms with Gasteiger partial charge in [-0.15, -0.1) is 0 Å². The Morgan fingerprint density at radius 1 is 0.775 bits per heavy atom. The van der Waals surface area contributed by atoms with Gasteiger partial charge < -0.3 is 14.4 Å². The molecule has 2 unspecified atom stereocenters. The van der Waals surface area contributed by atoms with Gasteiger partial charge in [-0.2, -0.15) is 0 Å². The first-order chi connectivity index (χ1) is 19.7. The lowest BCUT2D eigenvalue weighted by molar-refractivity contribution is -0.137. The van der Waals surface area contributed by atoms with Gasteiger partial charge in [0.15, 0.2) is 0 Å². The van der Waals surface area contributed by atoms with Gasteiger partial charge >= 0.3 is 0 Å². The summed E-state index contributed by atoms with van der Waals surface area (Å²) in [6, 6.07) is 0. The van der Waals surface area contributed by atoms with E-state index in [1.54, 1.807) is 0 Å². The summed E-state index contributed by atoms with van der Waals surface area (Å²) in [5.41, 5.74) is 0. The van der Waals surface area contributed by atoms with Crippen molar-refractivity contribution >= 4 is 5.91 Å². The van der Waals surface area contributed by atoms with Gasteiger partial charge in [0.25, 0.3) is 0 Å². The highest BCUT2D eigenvalue weighted by atomic mass is 16.5. The molecule has 1 aliphatic heterocycles. The SMILES string of the molecule is CCCCCCCCCCCCCCCCCCN(C)C(=O)C1CC=CCC1COCCCCN1CCOCC1. The first-order valence-electron chi connectivity index (χ1n) is 17.5. The number of rotatable bonds is 25. The van der Waals surface area contributed by atoms with Crippen LogP contribution in [0.2, 0.25) is 0 Å². The Morgan fingerprint density at radius 3 is 1.93 bits per heavy atom. The molecule has 0 saturated carbocycles. The Kier molecular flexibility index (Phi) is 21.8. The standard InChI is InChI=1S/C35H66N2O3/c1-3-4-5-6-7-8-9-10-11-12-13-14-15-16-17-20-25-36(2)35(38)34-24-19-18-23-33(34)32-40-29-22-21-26-37-27-30-39-31-28-37/h18-19,33-34H,3-17,20-32H2,1-2H3. The van der Waals surface area contributed by atoms with E-state index < -0.39 is 0 Å². The molecule has 1 heterocycles. The van der Waals surface area contributed by atoms with Gasteiger partial charge in [0.1, 0.15) is 0 Å². The monoisotopic (exact) mass is 563 g/mol. The van der Waals surface area contributed by atoms with Crippen LogP contribution in [-0.4, -0.2) is 75.4 Å². The number of carbonyl (C=O) groups excluding carboxylic acids is 1. The average Bonchev–Trinajstić information content (AvgIpc) is 2.99. The maximum Gasteiger partial charge on any atom is 0.226 e. The normalized spacial score (nSPS) is 19.8. The number of ether oxygens (including phenoxy) is 2. The molecule has 0 aromatic heterocycles. The maximum absolute atomic E-state index is 13.2. The van der Waals surface area contributed by atoms with Crippen molar-refractivity contribution < 1.29 is 14.3 Å². The summed E-state index contributed by atoms with van der Waals surface area (Å²) in [6.45, 7) is 9.71. The van der Waals surface area contributed by atoms with E-state index in [1.165, 1.54) is 103 Å². The highest BCUT2D eigenvalue weighted by Gasteiger charge is 2.30. The van der Waals surface area contributed by atoms with Crippen LogP contribution < -0.4 is 0 Å². The summed E-state index contributed by atoms with van der Waals surface area (Å²) in [4.78, 5) is 17.7. The third kappa shape index (κ3) is 17.1. The van der Waals surface area contributed by atoms with E-state index in [9.17, 15) is 4.79 Å². The van der Waals surface area contributed by atoms with Crippen molar-refractivity contribution in [3.8, 4) is 0 Å². The third-order valence-electron chi connectivity index (χ3n) is 9.05. The molecular weight excluding hydrogens is 496 g/mol. The maximum atomic E-state index is 13.2. The zero-order chi connectivity index (χ0) is 28.5. The molecule has 1 fully saturated rings. The molecule has 0 radical (unpaired) electrons. The van der Waals surface area contributed by atoms with Gasteiger partial charge in [0, 0.05) is 39.2 Å². The first-order valence-corrected chi connectivity index (χ1v) is 17.5. The quantitative estimate of drug-likeness (QED) is 0.0827. The van der Waals surface area contributed by atoms with Crippen LogP contribution in [0.4, 0.5) is 0 Å². The van der Waals surface area contributed by atoms with Crippen LogP contribution in [0, 0.1) is 11.8 Å². The molecule has 2 atom stereocenters. The van der Waals surface area contributed by atoms with Gasteiger partial charge in [-0.3, -0.25) is 9.69 Å². The summed E-state index contributed by atoms with van der Waals surface area (Å²) >= 11 is 0. The Balaban J connectivity index is 1.42. The number of hydrogen-bond donors (Lipinski definition) is 0. The molecule has 0 spiro atoms. The molecule has 0 N–H and O–H groups in total. The molecule has 5 nitrogen and oxygen atoms in total. The minimum atomic E-state index is 0.0874. The number of unbranched alkanes of at least 4 members (excludes halogenated alkanes) is 16. The molecule has 1 aliphatic carbocycles. The van der Waals surface area contributed by atoms with Crippen molar-refractivity contribution in [2.75, 3.05) is 59.7 Å². The fraction of sp³-hybridized carbons (Fsp3) is 0.914. The molecule has 40 heavy (non-hydrogen) atoms. The van der Waals surface area contributed by atoms with Crippen molar-refractivity contribution in [1.29, 1.82) is 0 Å². The zero-order valence-corrected chi connectivity index (χ0v) is 26.7. The minimum Gasteiger partial charge on any atom is -0.381 e. The first kappa shape index (κ1) is 35.3. The average molecular weight is 563 g/mol. The number of carbonyl (C=O) groups is 1. The van der Waals surface area contributed by atoms with E-state index >= 15 is 0 Å². The van der Waals surface area contributed by atoms with Crippen LogP contribution in [0.15, 0.2) is 12.2 Å². The van der Waals surface area contributed by atoms with Crippen LogP contribution in [0.3, 0.4) is 0 Å². The molecule has 1 saturated heterocycles. The number of allylic oxidation sites excluding steroid dienone is 2. The van der Waals surface area contributed by atoms with Crippen LogP contribution in [0.5, 0.6) is 0 Å². The van der Waals surface area contributed by atoms with Crippen molar-refractivity contribution in [1.82, 2.24) is 9.80 Å². The molecule has 0 aromatic rings. The van der Waals surface area contributed by atoms with E-state index in [4.69, 9.17) is 9.47 Å². The molecular formula is C35H66N2O3. The van der Waals surface area contributed by atoms with Gasteiger partial charge in [0.05, 0.1) is 19.8 Å². The van der Waals surface area contributed by atoms with Crippen LogP contribution in [-0.2, 0) is 14.3 Å². The van der Waals surface area contributed by atoms with Crippen molar-refractivity contribution in [3.05, 3.63) is 12.2 Å². The van der Waals surface area contributed by atoms with E-state index in [-0.39, 0.29) is 5.92 Å². The van der Waals surface area contributed by atoms with Gasteiger partial charge in [-0.25, -0.2) is 0 Å². The lowest BCUT2D eigenvalue weighted by Crippen LogP contribution is -2.39. The second kappa shape index (κ2) is 24.7. The number of nitrogens with zero attached hydrogens (tertiary/aromatic N) is 2. The molecule has 2 rings (SSSR count). The second-order valence-corrected chi connectivity index (χ2v) is 12.6. The van der Waals surface area contributed by atoms with Gasteiger partial charge in [-0.05, 0) is 44.6 Å². The fourth-order valence-electron chi connectivity index (χ4n) is 6.25. The van der Waals surface area contributed by atoms with Crippen molar-refractivity contribution in [2.45, 2.75) is 135 Å². The Hall–Kier alpha value is -0.910. The van der Waals surface area contributed by atoms with Crippen molar-refractivity contribution in [2.24, 2.45) is 11.8 Å². The highest BCUT2D eigenvalue weighted by molar-refractivity contribution is 5.79. The molecule has 1 amide bonds. The lowest BCUT2D eigenvalue weighted by atomic mass is 9.82. The molecule has 0 aromatic carbocycles. The summed E-state index contributed by atoms with van der Waals surface area (Å²) in [7, 11) is 2.01. The van der Waals surface area contributed by atoms with E-state index in [0.29, 0.717) is 18.4 Å². The van der Waals surface area contributed by atoms with Gasteiger partial charge in [0.2, 0.25) is 5.91 Å². The largest absolute Gasteiger partial charge is 0.381 e. The fourth-order valence-corrected chi connectivity index (χ4v) is 6.25. The second-order valence-electron chi connectivity index (χ2n) is 12.6. The Labute approximate surface area is 248 Å². The van der Waals surface area contributed by atoms with E-state index in [0.717, 1.165) is 71.7 Å². The summed E-state index contributed by atoms with van der Waals surface area (Å²) in [5, 5.41) is 0. The number of amides is 1.